The largest absolute Gasteiger partial charge is 0.391 e. The molecule has 28 heavy (non-hydrogen) atoms. The van der Waals surface area contributed by atoms with Crippen LogP contribution in [0.1, 0.15) is 23.3 Å². The zero-order chi connectivity index (χ0) is 19.5. The summed E-state index contributed by atoms with van der Waals surface area (Å²) in [6, 6.07) is 5.86. The summed E-state index contributed by atoms with van der Waals surface area (Å²) in [5.41, 5.74) is 0.510. The molecule has 9 heteroatoms. The maximum Gasteiger partial charge on any atom is 0.275 e. The number of aliphatic hydroxyl groups excluding tert-OH is 1. The normalized spacial score (nSPS) is 31.2. The van der Waals surface area contributed by atoms with Crippen molar-refractivity contribution >= 4 is 21.6 Å². The molecule has 2 saturated carbocycles. The predicted molar refractivity (Wildman–Crippen MR) is 99.8 cm³/mol. The number of aromatic nitrogens is 2. The average molecular weight is 400 g/mol. The van der Waals surface area contributed by atoms with Crippen molar-refractivity contribution < 1.29 is 18.3 Å². The van der Waals surface area contributed by atoms with Crippen molar-refractivity contribution in [2.24, 2.45) is 17.8 Å². The first-order chi connectivity index (χ1) is 13.4. The third-order valence-corrected chi connectivity index (χ3v) is 8.16. The lowest BCUT2D eigenvalue weighted by Gasteiger charge is -2.28. The van der Waals surface area contributed by atoms with Crippen LogP contribution in [0, 0.1) is 17.8 Å². The summed E-state index contributed by atoms with van der Waals surface area (Å²) in [7, 11) is -3.76. The molecule has 1 aromatic heterocycles. The van der Waals surface area contributed by atoms with E-state index in [-0.39, 0.29) is 28.5 Å². The summed E-state index contributed by atoms with van der Waals surface area (Å²) < 4.78 is 28.0. The van der Waals surface area contributed by atoms with Crippen LogP contribution in [0.4, 0.5) is 5.69 Å². The molecule has 2 heterocycles. The number of rotatable bonds is 4. The Labute approximate surface area is 162 Å². The van der Waals surface area contributed by atoms with E-state index in [9.17, 15) is 18.3 Å². The molecule has 1 saturated heterocycles. The van der Waals surface area contributed by atoms with E-state index in [4.69, 9.17) is 0 Å². The minimum absolute atomic E-state index is 0.112. The second-order valence-electron chi connectivity index (χ2n) is 7.78. The molecule has 8 nitrogen and oxygen atoms in total. The number of benzene rings is 1. The van der Waals surface area contributed by atoms with Crippen molar-refractivity contribution in [2.75, 3.05) is 11.9 Å². The van der Waals surface area contributed by atoms with Gasteiger partial charge in [0, 0.05) is 24.6 Å². The van der Waals surface area contributed by atoms with Gasteiger partial charge in [0.05, 0.1) is 23.2 Å². The third-order valence-electron chi connectivity index (χ3n) is 6.30. The molecule has 3 fully saturated rings. The van der Waals surface area contributed by atoms with Crippen molar-refractivity contribution in [3.63, 3.8) is 0 Å². The highest BCUT2D eigenvalue weighted by molar-refractivity contribution is 7.89. The Kier molecular flexibility index (Phi) is 4.01. The lowest BCUT2D eigenvalue weighted by Crippen LogP contribution is -2.43. The molecule has 146 valence electrons. The lowest BCUT2D eigenvalue weighted by molar-refractivity contribution is 0.0731. The van der Waals surface area contributed by atoms with Gasteiger partial charge in [-0.3, -0.25) is 9.78 Å². The van der Waals surface area contributed by atoms with Crippen molar-refractivity contribution in [1.29, 1.82) is 0 Å². The molecule has 2 aliphatic carbocycles. The second kappa shape index (κ2) is 6.33. The highest BCUT2D eigenvalue weighted by atomic mass is 32.2. The fraction of sp³-hybridized carbons (Fsp3) is 0.421. The van der Waals surface area contributed by atoms with E-state index in [1.807, 2.05) is 0 Å². The molecule has 3 aliphatic rings. The number of nitrogens with zero attached hydrogens (tertiary/aromatic N) is 3. The van der Waals surface area contributed by atoms with Crippen LogP contribution in [0.2, 0.25) is 0 Å². The van der Waals surface area contributed by atoms with Gasteiger partial charge in [-0.25, -0.2) is 13.4 Å². The van der Waals surface area contributed by atoms with Crippen LogP contribution in [0.25, 0.3) is 0 Å². The van der Waals surface area contributed by atoms with Gasteiger partial charge in [-0.05, 0) is 48.8 Å². The summed E-state index contributed by atoms with van der Waals surface area (Å²) in [6.45, 7) is 0.460. The van der Waals surface area contributed by atoms with Gasteiger partial charge in [0.15, 0.2) is 0 Å². The van der Waals surface area contributed by atoms with Crippen molar-refractivity contribution in [1.82, 2.24) is 14.3 Å². The summed E-state index contributed by atoms with van der Waals surface area (Å²) in [5.74, 6) is 0.357. The number of nitrogens with one attached hydrogen (secondary N) is 1. The summed E-state index contributed by atoms with van der Waals surface area (Å²) in [4.78, 5) is 20.2. The molecule has 0 radical (unpaired) electrons. The number of carbonyl (C=O) groups is 1. The number of hydrogen-bond donors (Lipinski definition) is 2. The van der Waals surface area contributed by atoms with E-state index < -0.39 is 22.0 Å². The summed E-state index contributed by atoms with van der Waals surface area (Å²) >= 11 is 0. The van der Waals surface area contributed by atoms with E-state index in [1.165, 1.54) is 35.0 Å². The number of sulfonamides is 1. The zero-order valence-corrected chi connectivity index (χ0v) is 15.8. The molecule has 1 amide bonds. The molecule has 1 aromatic carbocycles. The van der Waals surface area contributed by atoms with Gasteiger partial charge in [0.25, 0.3) is 5.91 Å². The highest BCUT2D eigenvalue weighted by Gasteiger charge is 2.61. The van der Waals surface area contributed by atoms with Gasteiger partial charge in [-0.15, -0.1) is 0 Å². The van der Waals surface area contributed by atoms with Crippen LogP contribution in [-0.4, -0.2) is 52.4 Å². The van der Waals surface area contributed by atoms with E-state index in [2.05, 4.69) is 15.3 Å². The predicted octanol–water partition coefficient (Wildman–Crippen LogP) is 1.12. The highest BCUT2D eigenvalue weighted by Crippen LogP contribution is 2.56. The maximum atomic E-state index is 13.3. The standard InChI is InChI=1S/C19H20N4O4S/c24-18-11-6-12-10-23(17(18)15(12)7-11)28(26,27)14-3-1-2-13(8-14)22-19(25)16-9-20-4-5-21-16/h1-5,8-9,11-12,15,17-18,24H,6-7,10H2,(H,22,25)/t11-,12-,15+,17-,18-/m0/s1. The number of anilines is 1. The molecular formula is C19H20N4O4S. The second-order valence-corrected chi connectivity index (χ2v) is 9.67. The third kappa shape index (κ3) is 2.65. The zero-order valence-electron chi connectivity index (χ0n) is 15.0. The summed E-state index contributed by atoms with van der Waals surface area (Å²) in [5, 5.41) is 13.2. The molecule has 2 N–H and O–H groups in total. The fourth-order valence-corrected chi connectivity index (χ4v) is 6.90. The topological polar surface area (TPSA) is 112 Å². The van der Waals surface area contributed by atoms with Gasteiger partial charge in [0.1, 0.15) is 5.69 Å². The van der Waals surface area contributed by atoms with Gasteiger partial charge >= 0.3 is 0 Å². The van der Waals surface area contributed by atoms with Crippen molar-refractivity contribution in [2.45, 2.75) is 29.9 Å². The van der Waals surface area contributed by atoms with Crippen LogP contribution in [0.3, 0.4) is 0 Å². The first kappa shape index (κ1) is 17.7. The van der Waals surface area contributed by atoms with Gasteiger partial charge in [-0.1, -0.05) is 6.07 Å². The van der Waals surface area contributed by atoms with Crippen LogP contribution < -0.4 is 5.32 Å². The Bertz CT molecular complexity index is 1030. The number of fused-ring (bicyclic) bond motifs is 1. The SMILES string of the molecule is O=C(Nc1cccc(S(=O)(=O)N2C[C@@H]3C[C@H]4C[C@H]3[C@H]2[C@H]4O)c1)c1cnccn1. The van der Waals surface area contributed by atoms with Gasteiger partial charge < -0.3 is 10.4 Å². The Morgan fingerprint density at radius 2 is 2.07 bits per heavy atom. The van der Waals surface area contributed by atoms with Crippen LogP contribution in [-0.2, 0) is 10.0 Å². The van der Waals surface area contributed by atoms with E-state index in [1.54, 1.807) is 12.1 Å². The monoisotopic (exact) mass is 400 g/mol. The molecular weight excluding hydrogens is 380 g/mol. The lowest BCUT2D eigenvalue weighted by atomic mass is 9.88. The van der Waals surface area contributed by atoms with E-state index in [0.717, 1.165) is 12.8 Å². The first-order valence-corrected chi connectivity index (χ1v) is 10.8. The summed E-state index contributed by atoms with van der Waals surface area (Å²) in [6.07, 6.45) is 5.46. The Balaban J connectivity index is 1.41. The Hall–Kier alpha value is -2.36. The Morgan fingerprint density at radius 1 is 1.21 bits per heavy atom. The molecule has 2 bridgehead atoms. The Morgan fingerprint density at radius 3 is 2.82 bits per heavy atom. The molecule has 2 aromatic rings. The smallest absolute Gasteiger partial charge is 0.275 e. The number of hydrogen-bond acceptors (Lipinski definition) is 6. The van der Waals surface area contributed by atoms with Crippen LogP contribution in [0.5, 0.6) is 0 Å². The fourth-order valence-electron chi connectivity index (χ4n) is 5.12. The van der Waals surface area contributed by atoms with Crippen LogP contribution in [0.15, 0.2) is 47.8 Å². The van der Waals surface area contributed by atoms with E-state index in [0.29, 0.717) is 18.2 Å². The van der Waals surface area contributed by atoms with E-state index >= 15 is 0 Å². The molecule has 0 unspecified atom stereocenters. The number of aliphatic hydroxyl groups is 1. The molecule has 1 aliphatic heterocycles. The molecule has 5 atom stereocenters. The minimum atomic E-state index is -3.76. The van der Waals surface area contributed by atoms with Crippen molar-refractivity contribution in [3.05, 3.63) is 48.5 Å². The minimum Gasteiger partial charge on any atom is -0.391 e. The quantitative estimate of drug-likeness (QED) is 0.795. The molecule has 0 spiro atoms. The van der Waals surface area contributed by atoms with Crippen LogP contribution >= 0.6 is 0 Å². The van der Waals surface area contributed by atoms with Gasteiger partial charge in [-0.2, -0.15) is 4.31 Å². The number of amides is 1. The number of carbonyl (C=O) groups excluding carboxylic acids is 1. The molecule has 5 rings (SSSR count). The average Bonchev–Trinajstić information content (AvgIpc) is 3.32. The van der Waals surface area contributed by atoms with Gasteiger partial charge in [0.2, 0.25) is 10.0 Å². The van der Waals surface area contributed by atoms with Crippen molar-refractivity contribution in [3.8, 4) is 0 Å². The maximum absolute atomic E-state index is 13.3. The first-order valence-electron chi connectivity index (χ1n) is 9.32.